The van der Waals surface area contributed by atoms with Crippen molar-refractivity contribution in [3.63, 3.8) is 0 Å². The number of nitrogens with one attached hydrogen (secondary N) is 1. The third kappa shape index (κ3) is 1.63. The second-order valence-corrected chi connectivity index (χ2v) is 5.46. The molecule has 0 amide bonds. The molecule has 4 heteroatoms. The zero-order chi connectivity index (χ0) is 10.4. The van der Waals surface area contributed by atoms with Crippen molar-refractivity contribution in [3.8, 4) is 0 Å². The lowest BCUT2D eigenvalue weighted by Gasteiger charge is -2.33. The van der Waals surface area contributed by atoms with Crippen molar-refractivity contribution < 1.29 is 0 Å². The molecule has 0 unspecified atom stereocenters. The average Bonchev–Trinajstić information content (AvgIpc) is 3.07. The van der Waals surface area contributed by atoms with Gasteiger partial charge >= 0.3 is 0 Å². The van der Waals surface area contributed by atoms with Crippen molar-refractivity contribution in [1.82, 2.24) is 4.72 Å². The maximum Gasteiger partial charge on any atom is 0.0781 e. The summed E-state index contributed by atoms with van der Waals surface area (Å²) in [4.78, 5) is 3.64. The van der Waals surface area contributed by atoms with E-state index in [1.54, 1.807) is 11.9 Å². The van der Waals surface area contributed by atoms with Crippen molar-refractivity contribution in [2.45, 2.75) is 30.7 Å². The molecule has 15 heavy (non-hydrogen) atoms. The van der Waals surface area contributed by atoms with Crippen LogP contribution in [0.25, 0.3) is 0 Å². The summed E-state index contributed by atoms with van der Waals surface area (Å²) in [5.74, 6) is 0. The molecule has 0 atom stereocenters. The number of hydrogen-bond acceptors (Lipinski definition) is 3. The first-order valence-corrected chi connectivity index (χ1v) is 6.42. The van der Waals surface area contributed by atoms with E-state index >= 15 is 0 Å². The summed E-state index contributed by atoms with van der Waals surface area (Å²) in [6.07, 6.45) is 2.63. The molecular formula is C11H13ClN2S. The molecule has 0 bridgehead atoms. The fourth-order valence-electron chi connectivity index (χ4n) is 2.05. The van der Waals surface area contributed by atoms with E-state index in [0.717, 1.165) is 17.7 Å². The summed E-state index contributed by atoms with van der Waals surface area (Å²) in [5, 5.41) is 0.860. The van der Waals surface area contributed by atoms with Gasteiger partial charge in [0.05, 0.1) is 22.3 Å². The summed E-state index contributed by atoms with van der Waals surface area (Å²) in [7, 11) is 0. The Morgan fingerprint density at radius 3 is 3.00 bits per heavy atom. The maximum absolute atomic E-state index is 6.22. The van der Waals surface area contributed by atoms with Crippen molar-refractivity contribution in [2.24, 2.45) is 0 Å². The molecule has 1 heterocycles. The predicted molar refractivity (Wildman–Crippen MR) is 65.5 cm³/mol. The van der Waals surface area contributed by atoms with Crippen LogP contribution >= 0.6 is 23.5 Å². The van der Waals surface area contributed by atoms with Crippen LogP contribution in [0, 0.1) is 6.92 Å². The van der Waals surface area contributed by atoms with Gasteiger partial charge in [-0.1, -0.05) is 17.7 Å². The second kappa shape index (κ2) is 3.58. The fourth-order valence-corrected chi connectivity index (χ4v) is 3.21. The largest absolute Gasteiger partial charge is 0.354 e. The minimum Gasteiger partial charge on any atom is -0.354 e. The maximum atomic E-state index is 6.22. The molecule has 1 aliphatic heterocycles. The van der Waals surface area contributed by atoms with Gasteiger partial charge in [0.25, 0.3) is 0 Å². The van der Waals surface area contributed by atoms with Gasteiger partial charge in [0.1, 0.15) is 0 Å². The number of nitrogens with zero attached hydrogens (tertiary/aromatic N) is 1. The van der Waals surface area contributed by atoms with Crippen molar-refractivity contribution in [2.75, 3.05) is 11.6 Å². The SMILES string of the molecule is Cc1ccc(Cl)c2c1N(C1CC1)CNS2. The number of rotatable bonds is 1. The Bertz CT molecular complexity index is 404. The zero-order valence-corrected chi connectivity index (χ0v) is 10.2. The van der Waals surface area contributed by atoms with Crippen LogP contribution < -0.4 is 9.62 Å². The van der Waals surface area contributed by atoms with E-state index in [1.807, 2.05) is 6.07 Å². The number of anilines is 1. The van der Waals surface area contributed by atoms with Crippen LogP contribution in [-0.4, -0.2) is 12.7 Å². The van der Waals surface area contributed by atoms with Gasteiger partial charge in [0, 0.05) is 6.04 Å². The van der Waals surface area contributed by atoms with Gasteiger partial charge in [0.2, 0.25) is 0 Å². The summed E-state index contributed by atoms with van der Waals surface area (Å²) in [6.45, 7) is 3.10. The van der Waals surface area contributed by atoms with Crippen LogP contribution in [0.3, 0.4) is 0 Å². The third-order valence-electron chi connectivity index (χ3n) is 2.97. The van der Waals surface area contributed by atoms with Crippen LogP contribution in [0.1, 0.15) is 18.4 Å². The summed E-state index contributed by atoms with van der Waals surface area (Å²) >= 11 is 7.87. The van der Waals surface area contributed by atoms with Crippen molar-refractivity contribution >= 4 is 29.2 Å². The van der Waals surface area contributed by atoms with E-state index in [0.29, 0.717) is 0 Å². The number of aryl methyl sites for hydroxylation is 1. The molecule has 0 spiro atoms. The highest BCUT2D eigenvalue weighted by molar-refractivity contribution is 7.97. The molecule has 1 fully saturated rings. The lowest BCUT2D eigenvalue weighted by Crippen LogP contribution is -2.37. The molecule has 0 saturated heterocycles. The van der Waals surface area contributed by atoms with Crippen LogP contribution in [0.5, 0.6) is 0 Å². The standard InChI is InChI=1S/C11H13ClN2S/c1-7-2-5-9(12)11-10(7)14(6-13-15-11)8-3-4-8/h2,5,8,13H,3-4,6H2,1H3. The number of halogens is 1. The number of fused-ring (bicyclic) bond motifs is 1. The normalized spacial score (nSPS) is 20.3. The molecule has 1 saturated carbocycles. The third-order valence-corrected chi connectivity index (χ3v) is 4.29. The Labute approximate surface area is 99.1 Å². The monoisotopic (exact) mass is 240 g/mol. The average molecular weight is 241 g/mol. The van der Waals surface area contributed by atoms with Crippen molar-refractivity contribution in [3.05, 3.63) is 22.7 Å². The molecule has 0 radical (unpaired) electrons. The quantitative estimate of drug-likeness (QED) is 0.759. The highest BCUT2D eigenvalue weighted by Gasteiger charge is 2.33. The Kier molecular flexibility index (Phi) is 2.34. The van der Waals surface area contributed by atoms with Gasteiger partial charge < -0.3 is 4.90 Å². The highest BCUT2D eigenvalue weighted by atomic mass is 35.5. The van der Waals surface area contributed by atoms with Gasteiger partial charge in [0.15, 0.2) is 0 Å². The fraction of sp³-hybridized carbons (Fsp3) is 0.455. The molecule has 2 aliphatic rings. The molecule has 2 nitrogen and oxygen atoms in total. The van der Waals surface area contributed by atoms with E-state index in [2.05, 4.69) is 22.6 Å². The van der Waals surface area contributed by atoms with E-state index in [4.69, 9.17) is 11.6 Å². The number of hydrogen-bond donors (Lipinski definition) is 1. The molecular weight excluding hydrogens is 228 g/mol. The lowest BCUT2D eigenvalue weighted by molar-refractivity contribution is 0.751. The van der Waals surface area contributed by atoms with Gasteiger partial charge in [-0.3, -0.25) is 0 Å². The van der Waals surface area contributed by atoms with Crippen LogP contribution in [0.4, 0.5) is 5.69 Å². The first-order chi connectivity index (χ1) is 7.27. The Hall–Kier alpha value is -0.380. The van der Waals surface area contributed by atoms with E-state index < -0.39 is 0 Å². The molecule has 1 aromatic carbocycles. The Morgan fingerprint density at radius 1 is 1.47 bits per heavy atom. The Balaban J connectivity index is 2.11. The molecule has 80 valence electrons. The van der Waals surface area contributed by atoms with E-state index in [-0.39, 0.29) is 0 Å². The molecule has 1 N–H and O–H groups in total. The first-order valence-electron chi connectivity index (χ1n) is 5.23. The van der Waals surface area contributed by atoms with Crippen LogP contribution in [-0.2, 0) is 0 Å². The predicted octanol–water partition coefficient (Wildman–Crippen LogP) is 3.19. The molecule has 1 aliphatic carbocycles. The minimum atomic E-state index is 0.731. The first kappa shape index (κ1) is 9.82. The summed E-state index contributed by atoms with van der Waals surface area (Å²) in [5.41, 5.74) is 2.67. The number of benzene rings is 1. The van der Waals surface area contributed by atoms with Crippen LogP contribution in [0.2, 0.25) is 5.02 Å². The Morgan fingerprint density at radius 2 is 2.27 bits per heavy atom. The molecule has 0 aromatic heterocycles. The van der Waals surface area contributed by atoms with Gasteiger partial charge in [-0.15, -0.1) is 0 Å². The van der Waals surface area contributed by atoms with Gasteiger partial charge in [-0.05, 0) is 43.3 Å². The molecule has 3 rings (SSSR count). The van der Waals surface area contributed by atoms with E-state index in [9.17, 15) is 0 Å². The van der Waals surface area contributed by atoms with E-state index in [1.165, 1.54) is 29.0 Å². The summed E-state index contributed by atoms with van der Waals surface area (Å²) < 4.78 is 3.34. The smallest absolute Gasteiger partial charge is 0.0781 e. The van der Waals surface area contributed by atoms with Crippen molar-refractivity contribution in [1.29, 1.82) is 0 Å². The minimum absolute atomic E-state index is 0.731. The highest BCUT2D eigenvalue weighted by Crippen LogP contribution is 2.44. The van der Waals surface area contributed by atoms with Gasteiger partial charge in [-0.2, -0.15) is 0 Å². The van der Waals surface area contributed by atoms with Gasteiger partial charge in [-0.25, -0.2) is 4.72 Å². The summed E-state index contributed by atoms with van der Waals surface area (Å²) in [6, 6.07) is 4.83. The molecule has 1 aromatic rings. The zero-order valence-electron chi connectivity index (χ0n) is 8.59. The van der Waals surface area contributed by atoms with Crippen LogP contribution in [0.15, 0.2) is 17.0 Å². The topological polar surface area (TPSA) is 15.3 Å². The lowest BCUT2D eigenvalue weighted by atomic mass is 10.2. The second-order valence-electron chi connectivity index (χ2n) is 4.15.